The highest BCUT2D eigenvalue weighted by molar-refractivity contribution is 6.30. The van der Waals surface area contributed by atoms with E-state index in [0.717, 1.165) is 12.0 Å². The third-order valence-electron chi connectivity index (χ3n) is 3.78. The average Bonchev–Trinajstić information content (AvgIpc) is 2.84. The average molecular weight is 257 g/mol. The molecule has 0 amide bonds. The maximum absolute atomic E-state index is 13.3. The SMILES string of the molecule is OCC(Cc1ccc(Cl)c(F)c1)C1CCCC1. The van der Waals surface area contributed by atoms with E-state index < -0.39 is 0 Å². The van der Waals surface area contributed by atoms with Gasteiger partial charge in [0.1, 0.15) is 5.82 Å². The quantitative estimate of drug-likeness (QED) is 0.868. The Kier molecular flexibility index (Phi) is 4.41. The number of rotatable bonds is 4. The van der Waals surface area contributed by atoms with Crippen LogP contribution in [0.2, 0.25) is 5.02 Å². The first kappa shape index (κ1) is 12.8. The predicted octanol–water partition coefficient (Wildman–Crippen LogP) is 3.82. The van der Waals surface area contributed by atoms with Gasteiger partial charge in [-0.3, -0.25) is 0 Å². The lowest BCUT2D eigenvalue weighted by atomic mass is 9.86. The molecular formula is C14H18ClFO. The van der Waals surface area contributed by atoms with Crippen molar-refractivity contribution in [3.05, 3.63) is 34.6 Å². The van der Waals surface area contributed by atoms with Gasteiger partial charge in [0.05, 0.1) is 5.02 Å². The zero-order valence-corrected chi connectivity index (χ0v) is 10.6. The van der Waals surface area contributed by atoms with Crippen molar-refractivity contribution >= 4 is 11.6 Å². The van der Waals surface area contributed by atoms with Crippen molar-refractivity contribution in [1.29, 1.82) is 0 Å². The van der Waals surface area contributed by atoms with Gasteiger partial charge in [0, 0.05) is 6.61 Å². The van der Waals surface area contributed by atoms with Gasteiger partial charge in [-0.15, -0.1) is 0 Å². The van der Waals surface area contributed by atoms with E-state index in [9.17, 15) is 9.50 Å². The summed E-state index contributed by atoms with van der Waals surface area (Å²) in [6.45, 7) is 0.189. The fourth-order valence-corrected chi connectivity index (χ4v) is 2.90. The van der Waals surface area contributed by atoms with E-state index in [-0.39, 0.29) is 23.4 Å². The van der Waals surface area contributed by atoms with Gasteiger partial charge in [-0.1, -0.05) is 43.4 Å². The van der Waals surface area contributed by atoms with Gasteiger partial charge in [-0.25, -0.2) is 4.39 Å². The van der Waals surface area contributed by atoms with E-state index in [2.05, 4.69) is 0 Å². The third-order valence-corrected chi connectivity index (χ3v) is 4.09. The number of hydrogen-bond acceptors (Lipinski definition) is 1. The fraction of sp³-hybridized carbons (Fsp3) is 0.571. The van der Waals surface area contributed by atoms with Crippen LogP contribution < -0.4 is 0 Å². The van der Waals surface area contributed by atoms with Crippen molar-refractivity contribution in [2.45, 2.75) is 32.1 Å². The molecule has 0 heterocycles. The zero-order chi connectivity index (χ0) is 12.3. The molecular weight excluding hydrogens is 239 g/mol. The molecule has 3 heteroatoms. The maximum atomic E-state index is 13.3. The van der Waals surface area contributed by atoms with Gasteiger partial charge in [0.2, 0.25) is 0 Å². The number of halogens is 2. The molecule has 0 aromatic heterocycles. The summed E-state index contributed by atoms with van der Waals surface area (Å²) < 4.78 is 13.3. The lowest BCUT2D eigenvalue weighted by Crippen LogP contribution is -2.18. The van der Waals surface area contributed by atoms with E-state index in [1.807, 2.05) is 6.07 Å². The molecule has 1 aliphatic rings. The second kappa shape index (κ2) is 5.83. The summed E-state index contributed by atoms with van der Waals surface area (Å²) in [6, 6.07) is 4.93. The Morgan fingerprint density at radius 3 is 2.65 bits per heavy atom. The largest absolute Gasteiger partial charge is 0.396 e. The highest BCUT2D eigenvalue weighted by atomic mass is 35.5. The maximum Gasteiger partial charge on any atom is 0.142 e. The van der Waals surface area contributed by atoms with Gasteiger partial charge in [-0.05, 0) is 36.0 Å². The summed E-state index contributed by atoms with van der Waals surface area (Å²) in [5.41, 5.74) is 0.929. The number of aliphatic hydroxyl groups excluding tert-OH is 1. The van der Waals surface area contributed by atoms with Gasteiger partial charge < -0.3 is 5.11 Å². The topological polar surface area (TPSA) is 20.2 Å². The fourth-order valence-electron chi connectivity index (χ4n) is 2.78. The van der Waals surface area contributed by atoms with Crippen molar-refractivity contribution < 1.29 is 9.50 Å². The molecule has 0 spiro atoms. The third kappa shape index (κ3) is 3.20. The molecule has 1 unspecified atom stereocenters. The van der Waals surface area contributed by atoms with E-state index in [1.165, 1.54) is 31.7 Å². The Morgan fingerprint density at radius 2 is 2.06 bits per heavy atom. The van der Waals surface area contributed by atoms with Crippen LogP contribution >= 0.6 is 11.6 Å². The van der Waals surface area contributed by atoms with E-state index in [0.29, 0.717) is 5.92 Å². The molecule has 17 heavy (non-hydrogen) atoms. The van der Waals surface area contributed by atoms with Crippen molar-refractivity contribution in [3.8, 4) is 0 Å². The molecule has 1 aromatic carbocycles. The van der Waals surface area contributed by atoms with Crippen LogP contribution in [0.5, 0.6) is 0 Å². The molecule has 0 radical (unpaired) electrons. The number of benzene rings is 1. The Bertz CT molecular complexity index is 374. The summed E-state index contributed by atoms with van der Waals surface area (Å²) in [7, 11) is 0. The van der Waals surface area contributed by atoms with Gasteiger partial charge in [0.25, 0.3) is 0 Å². The highest BCUT2D eigenvalue weighted by Gasteiger charge is 2.24. The minimum Gasteiger partial charge on any atom is -0.396 e. The smallest absolute Gasteiger partial charge is 0.142 e. The monoisotopic (exact) mass is 256 g/mol. The minimum absolute atomic E-state index is 0.162. The van der Waals surface area contributed by atoms with Crippen molar-refractivity contribution in [3.63, 3.8) is 0 Å². The van der Waals surface area contributed by atoms with E-state index in [4.69, 9.17) is 11.6 Å². The van der Waals surface area contributed by atoms with Crippen LogP contribution in [0, 0.1) is 17.7 Å². The molecule has 0 saturated heterocycles. The van der Waals surface area contributed by atoms with E-state index in [1.54, 1.807) is 6.07 Å². The molecule has 1 N–H and O–H groups in total. The molecule has 1 saturated carbocycles. The van der Waals surface area contributed by atoms with Crippen molar-refractivity contribution in [1.82, 2.24) is 0 Å². The number of hydrogen-bond donors (Lipinski definition) is 1. The Morgan fingerprint density at radius 1 is 1.35 bits per heavy atom. The Balaban J connectivity index is 2.04. The highest BCUT2D eigenvalue weighted by Crippen LogP contribution is 2.33. The van der Waals surface area contributed by atoms with Crippen LogP contribution in [0.1, 0.15) is 31.2 Å². The Labute approximate surface area is 107 Å². The molecule has 2 rings (SSSR count). The van der Waals surface area contributed by atoms with Gasteiger partial charge in [-0.2, -0.15) is 0 Å². The molecule has 1 aliphatic carbocycles. The Hall–Kier alpha value is -0.600. The first-order chi connectivity index (χ1) is 8.20. The summed E-state index contributed by atoms with van der Waals surface area (Å²) >= 11 is 5.65. The standard InChI is InChI=1S/C14H18ClFO/c15-13-6-5-10(8-14(13)16)7-12(9-17)11-3-1-2-4-11/h5-6,8,11-12,17H,1-4,7,9H2. The molecule has 94 valence electrons. The van der Waals surface area contributed by atoms with Crippen LogP contribution in [0.15, 0.2) is 18.2 Å². The van der Waals surface area contributed by atoms with Crippen LogP contribution in [-0.2, 0) is 6.42 Å². The van der Waals surface area contributed by atoms with Gasteiger partial charge in [0.15, 0.2) is 0 Å². The van der Waals surface area contributed by atoms with Crippen LogP contribution in [0.25, 0.3) is 0 Å². The first-order valence-corrected chi connectivity index (χ1v) is 6.63. The van der Waals surface area contributed by atoms with Crippen molar-refractivity contribution in [2.75, 3.05) is 6.61 Å². The summed E-state index contributed by atoms with van der Waals surface area (Å²) in [6.07, 6.45) is 5.66. The van der Waals surface area contributed by atoms with Crippen molar-refractivity contribution in [2.24, 2.45) is 11.8 Å². The second-order valence-corrected chi connectivity index (χ2v) is 5.35. The summed E-state index contributed by atoms with van der Waals surface area (Å²) in [5, 5.41) is 9.61. The predicted molar refractivity (Wildman–Crippen MR) is 67.6 cm³/mol. The summed E-state index contributed by atoms with van der Waals surface area (Å²) in [4.78, 5) is 0. The normalized spacial score (nSPS) is 18.5. The lowest BCUT2D eigenvalue weighted by molar-refractivity contribution is 0.175. The molecule has 1 fully saturated rings. The molecule has 0 aliphatic heterocycles. The molecule has 1 aromatic rings. The molecule has 1 nitrogen and oxygen atoms in total. The van der Waals surface area contributed by atoms with Crippen LogP contribution in [-0.4, -0.2) is 11.7 Å². The lowest BCUT2D eigenvalue weighted by Gasteiger charge is -2.21. The molecule has 1 atom stereocenters. The van der Waals surface area contributed by atoms with Crippen LogP contribution in [0.3, 0.4) is 0 Å². The first-order valence-electron chi connectivity index (χ1n) is 6.25. The zero-order valence-electron chi connectivity index (χ0n) is 9.83. The van der Waals surface area contributed by atoms with Crippen LogP contribution in [0.4, 0.5) is 4.39 Å². The van der Waals surface area contributed by atoms with Gasteiger partial charge >= 0.3 is 0 Å². The molecule has 0 bridgehead atoms. The number of aliphatic hydroxyl groups is 1. The minimum atomic E-state index is -0.368. The second-order valence-electron chi connectivity index (χ2n) is 4.94. The summed E-state index contributed by atoms with van der Waals surface area (Å²) in [5.74, 6) is 0.490. The van der Waals surface area contributed by atoms with E-state index >= 15 is 0 Å².